The van der Waals surface area contributed by atoms with Crippen LogP contribution in [0.15, 0.2) is 72.9 Å². The van der Waals surface area contributed by atoms with E-state index >= 15 is 0 Å². The molecule has 0 aliphatic rings. The molecule has 0 fully saturated rings. The fraction of sp³-hybridized carbons (Fsp3) is 0.400. The van der Waals surface area contributed by atoms with Gasteiger partial charge in [0.15, 0.2) is 0 Å². The zero-order chi connectivity index (χ0) is 25.2. The summed E-state index contributed by atoms with van der Waals surface area (Å²) in [6.07, 6.45) is 4.77. The molecule has 0 aliphatic heterocycles. The van der Waals surface area contributed by atoms with Gasteiger partial charge in [0, 0.05) is 36.6 Å². The summed E-state index contributed by atoms with van der Waals surface area (Å²) >= 11 is 0. The average molecular weight is 474 g/mol. The van der Waals surface area contributed by atoms with Crippen molar-refractivity contribution in [1.29, 1.82) is 0 Å². The zero-order valence-corrected chi connectivity index (χ0v) is 21.6. The Hall–Kier alpha value is -3.34. The van der Waals surface area contributed by atoms with Gasteiger partial charge in [-0.3, -0.25) is 9.59 Å². The molecule has 0 bridgehead atoms. The Labute approximate surface area is 210 Å². The molecule has 1 atom stereocenters. The normalized spacial score (nSPS) is 11.8. The van der Waals surface area contributed by atoms with E-state index in [-0.39, 0.29) is 24.4 Å². The minimum atomic E-state index is -0.0839. The van der Waals surface area contributed by atoms with Crippen LogP contribution in [0.25, 0.3) is 0 Å². The van der Waals surface area contributed by atoms with Gasteiger partial charge in [-0.1, -0.05) is 62.7 Å². The van der Waals surface area contributed by atoms with Crippen molar-refractivity contribution in [1.82, 2.24) is 14.4 Å². The van der Waals surface area contributed by atoms with Crippen LogP contribution in [-0.4, -0.2) is 45.3 Å². The van der Waals surface area contributed by atoms with Gasteiger partial charge in [0.05, 0.1) is 6.54 Å². The number of nitrogens with zero attached hydrogens (tertiary/aromatic N) is 3. The van der Waals surface area contributed by atoms with Gasteiger partial charge in [0.25, 0.3) is 5.91 Å². The first-order valence-electron chi connectivity index (χ1n) is 12.8. The Bertz CT molecular complexity index is 1090. The Morgan fingerprint density at radius 3 is 2.34 bits per heavy atom. The summed E-state index contributed by atoms with van der Waals surface area (Å²) in [6, 6.07) is 21.9. The lowest BCUT2D eigenvalue weighted by Crippen LogP contribution is -2.46. The Morgan fingerprint density at radius 1 is 0.943 bits per heavy atom. The summed E-state index contributed by atoms with van der Waals surface area (Å²) in [5, 5.41) is 0. The molecule has 35 heavy (non-hydrogen) atoms. The number of aromatic nitrogens is 1. The van der Waals surface area contributed by atoms with Crippen LogP contribution >= 0.6 is 0 Å². The maximum Gasteiger partial charge on any atom is 0.254 e. The highest BCUT2D eigenvalue weighted by Crippen LogP contribution is 2.17. The van der Waals surface area contributed by atoms with Crippen molar-refractivity contribution in [3.8, 4) is 0 Å². The van der Waals surface area contributed by atoms with Crippen molar-refractivity contribution in [2.45, 2.75) is 66.1 Å². The molecule has 0 saturated carbocycles. The molecule has 2 aromatic carbocycles. The molecule has 2 amide bonds. The van der Waals surface area contributed by atoms with Crippen LogP contribution in [0, 0.1) is 6.92 Å². The number of benzene rings is 2. The van der Waals surface area contributed by atoms with E-state index in [0.29, 0.717) is 18.7 Å². The number of carbonyl (C=O) groups is 2. The molecule has 0 radical (unpaired) electrons. The summed E-state index contributed by atoms with van der Waals surface area (Å²) in [5.74, 6) is -0.0946. The number of aryl methyl sites for hydroxylation is 1. The highest BCUT2D eigenvalue weighted by molar-refractivity contribution is 5.96. The SMILES string of the molecule is CCCCN(CC(=O)N(Cc1cccn1Cc1ccccc1C)C(C)CC)C(=O)c1ccccc1. The van der Waals surface area contributed by atoms with Crippen molar-refractivity contribution in [2.24, 2.45) is 0 Å². The van der Waals surface area contributed by atoms with Crippen molar-refractivity contribution < 1.29 is 9.59 Å². The third-order valence-corrected chi connectivity index (χ3v) is 6.72. The van der Waals surface area contributed by atoms with Crippen LogP contribution in [0.2, 0.25) is 0 Å². The first-order valence-corrected chi connectivity index (χ1v) is 12.8. The second-order valence-electron chi connectivity index (χ2n) is 9.28. The molecule has 1 unspecified atom stereocenters. The average Bonchev–Trinajstić information content (AvgIpc) is 3.32. The van der Waals surface area contributed by atoms with Crippen molar-refractivity contribution in [3.05, 3.63) is 95.3 Å². The molecule has 3 aromatic rings. The molecule has 0 spiro atoms. The van der Waals surface area contributed by atoms with Gasteiger partial charge in [0.1, 0.15) is 6.54 Å². The number of unbranched alkanes of at least 4 members (excludes halogenated alkanes) is 1. The van der Waals surface area contributed by atoms with Gasteiger partial charge in [-0.2, -0.15) is 0 Å². The molecule has 5 nitrogen and oxygen atoms in total. The fourth-order valence-corrected chi connectivity index (χ4v) is 4.22. The Balaban J connectivity index is 1.79. The Morgan fingerprint density at radius 2 is 1.66 bits per heavy atom. The smallest absolute Gasteiger partial charge is 0.254 e. The molecular weight excluding hydrogens is 434 g/mol. The number of hydrogen-bond acceptors (Lipinski definition) is 2. The van der Waals surface area contributed by atoms with E-state index in [4.69, 9.17) is 0 Å². The van der Waals surface area contributed by atoms with Gasteiger partial charge in [-0.05, 0) is 62.1 Å². The van der Waals surface area contributed by atoms with Crippen molar-refractivity contribution in [2.75, 3.05) is 13.1 Å². The van der Waals surface area contributed by atoms with Gasteiger partial charge in [-0.15, -0.1) is 0 Å². The van der Waals surface area contributed by atoms with Crippen LogP contribution in [0.3, 0.4) is 0 Å². The van der Waals surface area contributed by atoms with Gasteiger partial charge in [-0.25, -0.2) is 0 Å². The van der Waals surface area contributed by atoms with E-state index in [9.17, 15) is 9.59 Å². The molecule has 186 valence electrons. The molecule has 3 rings (SSSR count). The molecule has 0 saturated heterocycles. The van der Waals surface area contributed by atoms with Gasteiger partial charge in [0.2, 0.25) is 5.91 Å². The van der Waals surface area contributed by atoms with E-state index in [2.05, 4.69) is 68.8 Å². The fourth-order valence-electron chi connectivity index (χ4n) is 4.22. The lowest BCUT2D eigenvalue weighted by molar-refractivity contribution is -0.134. The highest BCUT2D eigenvalue weighted by Gasteiger charge is 2.25. The molecular formula is C30H39N3O2. The predicted molar refractivity (Wildman–Crippen MR) is 142 cm³/mol. The minimum Gasteiger partial charge on any atom is -0.345 e. The first kappa shape index (κ1) is 26.3. The van der Waals surface area contributed by atoms with E-state index in [1.54, 1.807) is 4.90 Å². The van der Waals surface area contributed by atoms with E-state index in [1.807, 2.05) is 41.3 Å². The lowest BCUT2D eigenvalue weighted by atomic mass is 10.1. The Kier molecular flexibility index (Phi) is 9.71. The first-order chi connectivity index (χ1) is 16.9. The van der Waals surface area contributed by atoms with Gasteiger partial charge >= 0.3 is 0 Å². The van der Waals surface area contributed by atoms with Crippen LogP contribution in [0.1, 0.15) is 67.2 Å². The highest BCUT2D eigenvalue weighted by atomic mass is 16.2. The summed E-state index contributed by atoms with van der Waals surface area (Å²) in [6.45, 7) is 10.4. The van der Waals surface area contributed by atoms with Crippen LogP contribution in [-0.2, 0) is 17.9 Å². The topological polar surface area (TPSA) is 45.6 Å². The van der Waals surface area contributed by atoms with E-state index < -0.39 is 0 Å². The largest absolute Gasteiger partial charge is 0.345 e. The van der Waals surface area contributed by atoms with Crippen LogP contribution in [0.5, 0.6) is 0 Å². The van der Waals surface area contributed by atoms with Crippen molar-refractivity contribution >= 4 is 11.8 Å². The predicted octanol–water partition coefficient (Wildman–Crippen LogP) is 5.91. The van der Waals surface area contributed by atoms with Crippen molar-refractivity contribution in [3.63, 3.8) is 0 Å². The van der Waals surface area contributed by atoms with E-state index in [1.165, 1.54) is 11.1 Å². The number of hydrogen-bond donors (Lipinski definition) is 0. The number of rotatable bonds is 12. The minimum absolute atomic E-state index is 0.0108. The third-order valence-electron chi connectivity index (χ3n) is 6.72. The number of carbonyl (C=O) groups excluding carboxylic acids is 2. The van der Waals surface area contributed by atoms with E-state index in [0.717, 1.165) is 31.5 Å². The monoisotopic (exact) mass is 473 g/mol. The summed E-state index contributed by atoms with van der Waals surface area (Å²) in [7, 11) is 0. The summed E-state index contributed by atoms with van der Waals surface area (Å²) in [5.41, 5.74) is 4.24. The molecule has 5 heteroatoms. The summed E-state index contributed by atoms with van der Waals surface area (Å²) < 4.78 is 2.22. The summed E-state index contributed by atoms with van der Waals surface area (Å²) in [4.78, 5) is 30.5. The zero-order valence-electron chi connectivity index (χ0n) is 21.6. The molecule has 1 aromatic heterocycles. The second-order valence-corrected chi connectivity index (χ2v) is 9.28. The number of amides is 2. The second kappa shape index (κ2) is 12.9. The molecule has 0 aliphatic carbocycles. The lowest BCUT2D eigenvalue weighted by Gasteiger charge is -2.32. The molecule has 1 heterocycles. The molecule has 0 N–H and O–H groups in total. The quantitative estimate of drug-likeness (QED) is 0.328. The maximum atomic E-state index is 13.6. The third kappa shape index (κ3) is 7.08. The van der Waals surface area contributed by atoms with Crippen LogP contribution < -0.4 is 0 Å². The standard InChI is InChI=1S/C30H39N3O2/c1-5-7-19-32(30(35)26-15-9-8-10-16-26)23-29(34)33(25(4)6-2)22-28-18-13-20-31(28)21-27-17-12-11-14-24(27)3/h8-18,20,25H,5-7,19,21-23H2,1-4H3. The maximum absolute atomic E-state index is 13.6. The van der Waals surface area contributed by atoms with Gasteiger partial charge < -0.3 is 14.4 Å². The van der Waals surface area contributed by atoms with Crippen LogP contribution in [0.4, 0.5) is 0 Å².